The number of benzene rings is 2. The van der Waals surface area contributed by atoms with E-state index in [-0.39, 0.29) is 63.2 Å². The van der Waals surface area contributed by atoms with Crippen LogP contribution in [0, 0.1) is 0 Å². The molecule has 0 atom stereocenters. The first-order valence-electron chi connectivity index (χ1n) is 5.32. The van der Waals surface area contributed by atoms with E-state index in [1.54, 1.807) is 48.5 Å². The monoisotopic (exact) mass is 263 g/mol. The zero-order chi connectivity index (χ0) is 11.8. The molecule has 0 N–H and O–H groups in total. The molecule has 1 aliphatic rings. The molecule has 0 unspecified atom stereocenters. The van der Waals surface area contributed by atoms with Crippen LogP contribution in [0.4, 0.5) is 5.69 Å². The van der Waals surface area contributed by atoms with E-state index in [4.69, 9.17) is 0 Å². The number of rotatable bonds is 1. The molecule has 0 bridgehead atoms. The van der Waals surface area contributed by atoms with Crippen molar-refractivity contribution in [2.24, 2.45) is 0 Å². The average Bonchev–Trinajstić information content (AvgIpc) is 2.64. The molecule has 0 aromatic heterocycles. The molecule has 84 valence electrons. The molecule has 0 saturated heterocycles. The fourth-order valence-electron chi connectivity index (χ4n) is 2.00. The summed E-state index contributed by atoms with van der Waals surface area (Å²) in [6.45, 7) is 0. The van der Waals surface area contributed by atoms with E-state index in [1.807, 2.05) is 6.07 Å². The second-order valence-electron chi connectivity index (χ2n) is 3.83. The number of carbonyl (C=O) groups excluding carboxylic acids is 2. The molecule has 3 nitrogen and oxygen atoms in total. The van der Waals surface area contributed by atoms with Crippen molar-refractivity contribution in [1.29, 1.82) is 0 Å². The van der Waals surface area contributed by atoms with Crippen molar-refractivity contribution in [3.8, 4) is 0 Å². The van der Waals surface area contributed by atoms with Gasteiger partial charge in [-0.1, -0.05) is 30.3 Å². The Hall–Kier alpha value is -0.784. The van der Waals surface area contributed by atoms with E-state index < -0.39 is 0 Å². The van der Waals surface area contributed by atoms with E-state index in [9.17, 15) is 9.59 Å². The molecule has 0 fully saturated rings. The van der Waals surface area contributed by atoms with E-state index in [0.717, 1.165) is 0 Å². The van der Waals surface area contributed by atoms with Gasteiger partial charge in [-0.2, -0.15) is 0 Å². The molecule has 1 aliphatic heterocycles. The predicted octanol–water partition coefficient (Wildman–Crippen LogP) is 1.84. The van der Waals surface area contributed by atoms with Crippen molar-refractivity contribution < 1.29 is 9.59 Å². The Balaban J connectivity index is 0.00000120. The van der Waals surface area contributed by atoms with Crippen LogP contribution in [0.15, 0.2) is 54.6 Å². The number of anilines is 1. The number of carbonyl (C=O) groups is 2. The molecule has 2 aromatic carbocycles. The zero-order valence-electron chi connectivity index (χ0n) is 8.96. The topological polar surface area (TPSA) is 37.4 Å². The summed E-state index contributed by atoms with van der Waals surface area (Å²) in [5, 5.41) is 0. The van der Waals surface area contributed by atoms with Gasteiger partial charge in [0.15, 0.2) is 0 Å². The van der Waals surface area contributed by atoms with Crippen LogP contribution in [0.5, 0.6) is 0 Å². The third kappa shape index (κ3) is 2.11. The van der Waals surface area contributed by atoms with Crippen molar-refractivity contribution in [3.63, 3.8) is 0 Å². The van der Waals surface area contributed by atoms with E-state index in [1.165, 1.54) is 4.90 Å². The summed E-state index contributed by atoms with van der Waals surface area (Å²) in [6.07, 6.45) is 0. The third-order valence-corrected chi connectivity index (χ3v) is 2.81. The van der Waals surface area contributed by atoms with Crippen LogP contribution < -0.4 is 4.90 Å². The Morgan fingerprint density at radius 1 is 0.667 bits per heavy atom. The Bertz CT molecular complexity index is 575. The maximum atomic E-state index is 12.1. The summed E-state index contributed by atoms with van der Waals surface area (Å²) < 4.78 is 0. The van der Waals surface area contributed by atoms with Gasteiger partial charge in [0, 0.05) is 0 Å². The quantitative estimate of drug-likeness (QED) is 0.581. The summed E-state index contributed by atoms with van der Waals surface area (Å²) >= 11 is 0. The normalized spacial score (nSPS) is 13.2. The minimum absolute atomic E-state index is 0. The molecule has 0 aliphatic carbocycles. The van der Waals surface area contributed by atoms with Gasteiger partial charge in [-0.25, -0.2) is 4.90 Å². The first-order valence-corrected chi connectivity index (χ1v) is 5.32. The number of hydrogen-bond acceptors (Lipinski definition) is 2. The third-order valence-electron chi connectivity index (χ3n) is 2.81. The summed E-state index contributed by atoms with van der Waals surface area (Å²) in [6, 6.07) is 15.8. The molecular formula is C14H10KNO2. The number of amides is 2. The van der Waals surface area contributed by atoms with Crippen LogP contribution in [-0.2, 0) is 0 Å². The minimum atomic E-state index is -0.253. The second kappa shape index (κ2) is 5.46. The van der Waals surface area contributed by atoms with Crippen molar-refractivity contribution in [2.75, 3.05) is 4.90 Å². The van der Waals surface area contributed by atoms with Crippen molar-refractivity contribution in [1.82, 2.24) is 0 Å². The molecule has 0 saturated carbocycles. The van der Waals surface area contributed by atoms with Gasteiger partial charge in [-0.3, -0.25) is 9.59 Å². The van der Waals surface area contributed by atoms with Gasteiger partial charge < -0.3 is 0 Å². The Kier molecular flexibility index (Phi) is 4.14. The molecule has 0 radical (unpaired) electrons. The number of fused-ring (bicyclic) bond motifs is 1. The fourth-order valence-corrected chi connectivity index (χ4v) is 2.00. The second-order valence-corrected chi connectivity index (χ2v) is 3.83. The molecule has 18 heavy (non-hydrogen) atoms. The van der Waals surface area contributed by atoms with Gasteiger partial charge in [0.1, 0.15) is 0 Å². The van der Waals surface area contributed by atoms with Crippen LogP contribution in [0.1, 0.15) is 20.7 Å². The van der Waals surface area contributed by atoms with Gasteiger partial charge in [-0.15, -0.1) is 0 Å². The zero-order valence-corrected chi connectivity index (χ0v) is 8.96. The number of hydrogen-bond donors (Lipinski definition) is 0. The molecule has 3 rings (SSSR count). The van der Waals surface area contributed by atoms with Crippen LogP contribution in [0.25, 0.3) is 0 Å². The van der Waals surface area contributed by atoms with Crippen LogP contribution in [0.2, 0.25) is 0 Å². The first-order chi connectivity index (χ1) is 8.29. The van der Waals surface area contributed by atoms with Gasteiger partial charge in [-0.05, 0) is 24.3 Å². The van der Waals surface area contributed by atoms with Gasteiger partial charge in [0.25, 0.3) is 11.8 Å². The maximum absolute atomic E-state index is 12.1. The predicted molar refractivity (Wildman–Crippen MR) is 71.2 cm³/mol. The summed E-state index contributed by atoms with van der Waals surface area (Å²) in [5.74, 6) is -0.506. The molecular weight excluding hydrogens is 253 g/mol. The molecule has 2 aromatic rings. The van der Waals surface area contributed by atoms with E-state index in [2.05, 4.69) is 0 Å². The van der Waals surface area contributed by atoms with Crippen molar-refractivity contribution in [3.05, 3.63) is 65.7 Å². The Morgan fingerprint density at radius 2 is 1.11 bits per heavy atom. The first kappa shape index (κ1) is 13.6. The number of imide groups is 1. The van der Waals surface area contributed by atoms with Crippen LogP contribution in [-0.4, -0.2) is 63.2 Å². The summed E-state index contributed by atoms with van der Waals surface area (Å²) in [7, 11) is 0. The molecule has 2 amide bonds. The van der Waals surface area contributed by atoms with Gasteiger partial charge in [0.05, 0.1) is 16.8 Å². The number of nitrogens with zero attached hydrogens (tertiary/aromatic N) is 1. The number of para-hydroxylation sites is 1. The van der Waals surface area contributed by atoms with Gasteiger partial charge >= 0.3 is 51.4 Å². The van der Waals surface area contributed by atoms with Crippen LogP contribution >= 0.6 is 0 Å². The summed E-state index contributed by atoms with van der Waals surface area (Å²) in [4.78, 5) is 25.4. The Morgan fingerprint density at radius 3 is 1.61 bits per heavy atom. The molecule has 1 heterocycles. The van der Waals surface area contributed by atoms with Crippen molar-refractivity contribution in [2.45, 2.75) is 0 Å². The SMILES string of the molecule is O=C1c2ccccc2C(=O)N1c1ccccc1.[KH]. The van der Waals surface area contributed by atoms with Crippen molar-refractivity contribution >= 4 is 68.9 Å². The molecule has 0 spiro atoms. The van der Waals surface area contributed by atoms with Gasteiger partial charge in [0.2, 0.25) is 0 Å². The fraction of sp³-hybridized carbons (Fsp3) is 0. The van der Waals surface area contributed by atoms with E-state index >= 15 is 0 Å². The Labute approximate surface area is 147 Å². The van der Waals surface area contributed by atoms with E-state index in [0.29, 0.717) is 16.8 Å². The standard InChI is InChI=1S/C14H9NO2.K.H/c16-13-11-8-4-5-9-12(11)14(17)15(13)10-6-2-1-3-7-10;;/h1-9H;;. The molecule has 4 heteroatoms. The average molecular weight is 263 g/mol. The van der Waals surface area contributed by atoms with Crippen LogP contribution in [0.3, 0.4) is 0 Å². The summed E-state index contributed by atoms with van der Waals surface area (Å²) in [5.41, 5.74) is 1.56.